The zero-order valence-electron chi connectivity index (χ0n) is 14.3. The molecule has 0 amide bonds. The van der Waals surface area contributed by atoms with Gasteiger partial charge >= 0.3 is 0 Å². The standard InChI is InChI=1S/C19H24FNO3/c1-13(10-14-6-4-5-7-17(14)20)21-12-18(22)16-11-15(23-2)8-9-19(16)24-3/h4-9,11,13,18,21-22H,10,12H2,1-3H3. The highest BCUT2D eigenvalue weighted by Gasteiger charge is 2.16. The van der Waals surface area contributed by atoms with Gasteiger partial charge in [0.15, 0.2) is 0 Å². The van der Waals surface area contributed by atoms with E-state index in [1.165, 1.54) is 6.07 Å². The van der Waals surface area contributed by atoms with E-state index in [1.807, 2.05) is 13.0 Å². The van der Waals surface area contributed by atoms with Crippen LogP contribution in [-0.2, 0) is 6.42 Å². The maximum Gasteiger partial charge on any atom is 0.126 e. The minimum absolute atomic E-state index is 0.0214. The average molecular weight is 333 g/mol. The largest absolute Gasteiger partial charge is 0.497 e. The van der Waals surface area contributed by atoms with Crippen LogP contribution < -0.4 is 14.8 Å². The molecule has 2 rings (SSSR count). The lowest BCUT2D eigenvalue weighted by molar-refractivity contribution is 0.166. The Bertz CT molecular complexity index is 663. The first-order valence-corrected chi connectivity index (χ1v) is 7.92. The number of aliphatic hydroxyl groups excluding tert-OH is 1. The monoisotopic (exact) mass is 333 g/mol. The Morgan fingerprint density at radius 3 is 2.54 bits per heavy atom. The molecule has 0 aromatic heterocycles. The first-order valence-electron chi connectivity index (χ1n) is 7.92. The number of rotatable bonds is 8. The Kier molecular flexibility index (Phi) is 6.58. The van der Waals surface area contributed by atoms with Crippen molar-refractivity contribution in [2.75, 3.05) is 20.8 Å². The van der Waals surface area contributed by atoms with Crippen molar-refractivity contribution < 1.29 is 19.0 Å². The van der Waals surface area contributed by atoms with E-state index in [-0.39, 0.29) is 11.9 Å². The third-order valence-corrected chi connectivity index (χ3v) is 3.94. The predicted molar refractivity (Wildman–Crippen MR) is 92.1 cm³/mol. The fourth-order valence-electron chi connectivity index (χ4n) is 2.59. The first kappa shape index (κ1) is 18.2. The number of hydrogen-bond donors (Lipinski definition) is 2. The number of nitrogens with one attached hydrogen (secondary N) is 1. The molecule has 0 spiro atoms. The van der Waals surface area contributed by atoms with E-state index in [2.05, 4.69) is 5.32 Å². The van der Waals surface area contributed by atoms with Crippen LogP contribution in [0.15, 0.2) is 42.5 Å². The van der Waals surface area contributed by atoms with E-state index < -0.39 is 6.10 Å². The molecule has 130 valence electrons. The van der Waals surface area contributed by atoms with Gasteiger partial charge in [-0.2, -0.15) is 0 Å². The molecule has 2 unspecified atom stereocenters. The lowest BCUT2D eigenvalue weighted by Gasteiger charge is -2.20. The molecule has 0 heterocycles. The van der Waals surface area contributed by atoms with Gasteiger partial charge in [0, 0.05) is 18.2 Å². The SMILES string of the molecule is COc1ccc(OC)c(C(O)CNC(C)Cc2ccccc2F)c1. The van der Waals surface area contributed by atoms with Gasteiger partial charge in [0.25, 0.3) is 0 Å². The van der Waals surface area contributed by atoms with Crippen molar-refractivity contribution in [3.63, 3.8) is 0 Å². The van der Waals surface area contributed by atoms with Gasteiger partial charge in [-0.1, -0.05) is 18.2 Å². The first-order chi connectivity index (χ1) is 11.5. The highest BCUT2D eigenvalue weighted by molar-refractivity contribution is 5.41. The highest BCUT2D eigenvalue weighted by atomic mass is 19.1. The van der Waals surface area contributed by atoms with E-state index in [0.29, 0.717) is 35.6 Å². The van der Waals surface area contributed by atoms with Crippen molar-refractivity contribution in [2.45, 2.75) is 25.5 Å². The van der Waals surface area contributed by atoms with Crippen molar-refractivity contribution in [1.82, 2.24) is 5.32 Å². The maximum absolute atomic E-state index is 13.7. The predicted octanol–water partition coefficient (Wildman–Crippen LogP) is 3.10. The Morgan fingerprint density at radius 2 is 1.88 bits per heavy atom. The molecule has 4 nitrogen and oxygen atoms in total. The second kappa shape index (κ2) is 8.66. The van der Waals surface area contributed by atoms with Crippen LogP contribution in [0.1, 0.15) is 24.2 Å². The van der Waals surface area contributed by atoms with Crippen LogP contribution >= 0.6 is 0 Å². The fraction of sp³-hybridized carbons (Fsp3) is 0.368. The summed E-state index contributed by atoms with van der Waals surface area (Å²) in [5.74, 6) is 1.05. The molecular formula is C19H24FNO3. The van der Waals surface area contributed by atoms with Gasteiger partial charge < -0.3 is 19.9 Å². The molecule has 2 aromatic carbocycles. The van der Waals surface area contributed by atoms with Crippen LogP contribution in [0.25, 0.3) is 0 Å². The average Bonchev–Trinajstić information content (AvgIpc) is 2.61. The molecule has 0 aliphatic rings. The second-order valence-electron chi connectivity index (χ2n) is 5.73. The van der Waals surface area contributed by atoms with Crippen LogP contribution in [0, 0.1) is 5.82 Å². The Labute approximate surface area is 142 Å². The summed E-state index contributed by atoms with van der Waals surface area (Å²) in [5, 5.41) is 13.7. The number of hydrogen-bond acceptors (Lipinski definition) is 4. The van der Waals surface area contributed by atoms with E-state index in [1.54, 1.807) is 44.6 Å². The third kappa shape index (κ3) is 4.69. The van der Waals surface area contributed by atoms with E-state index >= 15 is 0 Å². The molecular weight excluding hydrogens is 309 g/mol. The molecule has 0 bridgehead atoms. The number of benzene rings is 2. The molecule has 0 saturated carbocycles. The van der Waals surface area contributed by atoms with E-state index in [4.69, 9.17) is 9.47 Å². The fourth-order valence-corrected chi connectivity index (χ4v) is 2.59. The van der Waals surface area contributed by atoms with Crippen LogP contribution in [0.2, 0.25) is 0 Å². The summed E-state index contributed by atoms with van der Waals surface area (Å²) in [6, 6.07) is 12.0. The molecule has 24 heavy (non-hydrogen) atoms. The lowest BCUT2D eigenvalue weighted by Crippen LogP contribution is -2.32. The van der Waals surface area contributed by atoms with E-state index in [0.717, 1.165) is 0 Å². The van der Waals surface area contributed by atoms with Gasteiger partial charge in [-0.25, -0.2) is 4.39 Å². The summed E-state index contributed by atoms with van der Waals surface area (Å²) < 4.78 is 24.2. The Hall–Kier alpha value is -2.11. The lowest BCUT2D eigenvalue weighted by atomic mass is 10.0. The minimum atomic E-state index is -0.752. The maximum atomic E-state index is 13.7. The van der Waals surface area contributed by atoms with Gasteiger partial charge in [0.1, 0.15) is 17.3 Å². The van der Waals surface area contributed by atoms with Crippen molar-refractivity contribution >= 4 is 0 Å². The van der Waals surface area contributed by atoms with Crippen LogP contribution in [0.3, 0.4) is 0 Å². The zero-order chi connectivity index (χ0) is 17.5. The minimum Gasteiger partial charge on any atom is -0.497 e. The summed E-state index contributed by atoms with van der Waals surface area (Å²) in [6.07, 6.45) is -0.202. The molecule has 0 fully saturated rings. The van der Waals surface area contributed by atoms with Gasteiger partial charge in [-0.3, -0.25) is 0 Å². The highest BCUT2D eigenvalue weighted by Crippen LogP contribution is 2.29. The number of ether oxygens (including phenoxy) is 2. The van der Waals surface area contributed by atoms with Crippen LogP contribution in [0.5, 0.6) is 11.5 Å². The zero-order valence-corrected chi connectivity index (χ0v) is 14.3. The summed E-state index contributed by atoms with van der Waals surface area (Å²) in [6.45, 7) is 2.29. The third-order valence-electron chi connectivity index (χ3n) is 3.94. The molecule has 2 N–H and O–H groups in total. The normalized spacial score (nSPS) is 13.4. The van der Waals surface area contributed by atoms with Gasteiger partial charge in [0.05, 0.1) is 20.3 Å². The Balaban J connectivity index is 1.97. The van der Waals surface area contributed by atoms with Crippen molar-refractivity contribution in [3.8, 4) is 11.5 Å². The van der Waals surface area contributed by atoms with Crippen LogP contribution in [0.4, 0.5) is 4.39 Å². The molecule has 0 aliphatic carbocycles. The second-order valence-corrected chi connectivity index (χ2v) is 5.73. The molecule has 5 heteroatoms. The van der Waals surface area contributed by atoms with Crippen molar-refractivity contribution in [2.24, 2.45) is 0 Å². The van der Waals surface area contributed by atoms with Gasteiger partial charge in [-0.15, -0.1) is 0 Å². The molecule has 0 radical (unpaired) electrons. The summed E-state index contributed by atoms with van der Waals surface area (Å²) in [7, 11) is 3.14. The van der Waals surface area contributed by atoms with Crippen LogP contribution in [-0.4, -0.2) is 31.9 Å². The van der Waals surface area contributed by atoms with E-state index in [9.17, 15) is 9.50 Å². The van der Waals surface area contributed by atoms with Gasteiger partial charge in [0.2, 0.25) is 0 Å². The van der Waals surface area contributed by atoms with Gasteiger partial charge in [-0.05, 0) is 43.2 Å². The summed E-state index contributed by atoms with van der Waals surface area (Å²) in [4.78, 5) is 0. The van der Waals surface area contributed by atoms with Crippen molar-refractivity contribution in [1.29, 1.82) is 0 Å². The molecule has 2 atom stereocenters. The smallest absolute Gasteiger partial charge is 0.126 e. The number of halogens is 1. The number of methoxy groups -OCH3 is 2. The molecule has 2 aromatic rings. The molecule has 0 aliphatic heterocycles. The molecule has 0 saturated heterocycles. The number of aliphatic hydroxyl groups is 1. The topological polar surface area (TPSA) is 50.7 Å². The summed E-state index contributed by atoms with van der Waals surface area (Å²) >= 11 is 0. The quantitative estimate of drug-likeness (QED) is 0.779. The Morgan fingerprint density at radius 1 is 1.12 bits per heavy atom. The summed E-state index contributed by atoms with van der Waals surface area (Å²) in [5.41, 5.74) is 1.31. The van der Waals surface area contributed by atoms with Crippen molar-refractivity contribution in [3.05, 3.63) is 59.4 Å².